The normalized spacial score (nSPS) is 22.3. The molecule has 1 heterocycles. The number of ether oxygens (including phenoxy) is 1. The van der Waals surface area contributed by atoms with Gasteiger partial charge >= 0.3 is 6.18 Å². The second-order valence-electron chi connectivity index (χ2n) is 5.99. The Labute approximate surface area is 135 Å². The monoisotopic (exact) mass is 337 g/mol. The van der Waals surface area contributed by atoms with Gasteiger partial charge in [-0.25, -0.2) is 0 Å². The van der Waals surface area contributed by atoms with Gasteiger partial charge in [-0.15, -0.1) is 12.4 Å². The minimum absolute atomic E-state index is 0. The van der Waals surface area contributed by atoms with Gasteiger partial charge in [-0.05, 0) is 62.9 Å². The second kappa shape index (κ2) is 7.55. The van der Waals surface area contributed by atoms with E-state index in [1.807, 2.05) is 6.92 Å². The molecule has 1 fully saturated rings. The summed E-state index contributed by atoms with van der Waals surface area (Å²) in [4.78, 5) is 0. The van der Waals surface area contributed by atoms with Gasteiger partial charge in [0.2, 0.25) is 0 Å². The molecule has 0 unspecified atom stereocenters. The Morgan fingerprint density at radius 3 is 2.50 bits per heavy atom. The lowest BCUT2D eigenvalue weighted by molar-refractivity contribution is -0.138. The van der Waals surface area contributed by atoms with Crippen LogP contribution in [0, 0.1) is 5.92 Å². The van der Waals surface area contributed by atoms with Crippen molar-refractivity contribution in [3.63, 3.8) is 0 Å². The van der Waals surface area contributed by atoms with Crippen LogP contribution >= 0.6 is 12.4 Å². The van der Waals surface area contributed by atoms with Crippen LogP contribution in [0.5, 0.6) is 5.75 Å². The highest BCUT2D eigenvalue weighted by Gasteiger charge is 2.37. The molecule has 1 aromatic carbocycles. The third kappa shape index (κ3) is 4.53. The van der Waals surface area contributed by atoms with E-state index in [1.165, 1.54) is 0 Å². The first-order valence-corrected chi connectivity index (χ1v) is 7.37. The first kappa shape index (κ1) is 19.1. The summed E-state index contributed by atoms with van der Waals surface area (Å²) in [6.45, 7) is 7.12. The molecule has 2 atom stereocenters. The van der Waals surface area contributed by atoms with Gasteiger partial charge in [0.25, 0.3) is 0 Å². The summed E-state index contributed by atoms with van der Waals surface area (Å²) >= 11 is 0. The Balaban J connectivity index is 0.00000242. The van der Waals surface area contributed by atoms with E-state index in [0.717, 1.165) is 25.6 Å². The fraction of sp³-hybridized carbons (Fsp3) is 0.625. The fourth-order valence-electron chi connectivity index (χ4n) is 2.93. The molecule has 0 aromatic heterocycles. The lowest BCUT2D eigenvalue weighted by atomic mass is 9.80. The number of benzene rings is 1. The molecule has 6 heteroatoms. The highest BCUT2D eigenvalue weighted by molar-refractivity contribution is 5.85. The van der Waals surface area contributed by atoms with Crippen molar-refractivity contribution in [1.29, 1.82) is 0 Å². The van der Waals surface area contributed by atoms with Crippen molar-refractivity contribution in [3.05, 3.63) is 29.3 Å². The molecule has 2 nitrogen and oxygen atoms in total. The van der Waals surface area contributed by atoms with Crippen molar-refractivity contribution in [3.8, 4) is 5.75 Å². The topological polar surface area (TPSA) is 21.3 Å². The Morgan fingerprint density at radius 1 is 1.27 bits per heavy atom. The molecule has 1 aromatic rings. The van der Waals surface area contributed by atoms with Crippen LogP contribution in [0.1, 0.15) is 44.2 Å². The SMILES string of the molecule is CC(C)Oc1ccc([C@H]2CCNC[C@H]2C)c(C(F)(F)F)c1.Cl. The lowest BCUT2D eigenvalue weighted by Gasteiger charge is -2.32. The van der Waals surface area contributed by atoms with Crippen LogP contribution in [0.25, 0.3) is 0 Å². The third-order valence-electron chi connectivity index (χ3n) is 3.89. The number of piperidine rings is 1. The molecular formula is C16H23ClF3NO. The maximum Gasteiger partial charge on any atom is 0.416 e. The first-order valence-electron chi connectivity index (χ1n) is 7.37. The number of nitrogens with one attached hydrogen (secondary N) is 1. The quantitative estimate of drug-likeness (QED) is 0.868. The molecule has 0 radical (unpaired) electrons. The van der Waals surface area contributed by atoms with Crippen LogP contribution in [0.2, 0.25) is 0 Å². The standard InChI is InChI=1S/C16H22F3NO.ClH/c1-10(2)21-12-4-5-14(15(8-12)16(17,18)19)13-6-7-20-9-11(13)3;/h4-5,8,10-11,13,20H,6-7,9H2,1-3H3;1H/t11-,13+;/m1./s1. The zero-order valence-corrected chi connectivity index (χ0v) is 13.9. The number of hydrogen-bond donors (Lipinski definition) is 1. The van der Waals surface area contributed by atoms with Gasteiger partial charge in [-0.3, -0.25) is 0 Å². The molecule has 0 aliphatic carbocycles. The molecule has 1 aliphatic rings. The second-order valence-corrected chi connectivity index (χ2v) is 5.99. The predicted octanol–water partition coefficient (Wildman–Crippen LogP) is 4.63. The van der Waals surface area contributed by atoms with Crippen molar-refractivity contribution in [1.82, 2.24) is 5.32 Å². The van der Waals surface area contributed by atoms with Crippen molar-refractivity contribution < 1.29 is 17.9 Å². The summed E-state index contributed by atoms with van der Waals surface area (Å²) in [5.41, 5.74) is -0.160. The molecule has 2 rings (SSSR count). The number of rotatable bonds is 3. The van der Waals surface area contributed by atoms with Crippen molar-refractivity contribution in [2.75, 3.05) is 13.1 Å². The van der Waals surface area contributed by atoms with Crippen molar-refractivity contribution in [2.45, 2.75) is 45.4 Å². The van der Waals surface area contributed by atoms with Gasteiger partial charge in [0.05, 0.1) is 11.7 Å². The average molecular weight is 338 g/mol. The van der Waals surface area contributed by atoms with Crippen LogP contribution in [0.15, 0.2) is 18.2 Å². The van der Waals surface area contributed by atoms with E-state index in [2.05, 4.69) is 5.32 Å². The highest BCUT2D eigenvalue weighted by Crippen LogP contribution is 2.41. The zero-order valence-electron chi connectivity index (χ0n) is 13.0. The summed E-state index contributed by atoms with van der Waals surface area (Å²) in [6.07, 6.45) is -3.76. The minimum atomic E-state index is -4.35. The molecule has 0 bridgehead atoms. The number of alkyl halides is 3. The highest BCUT2D eigenvalue weighted by atomic mass is 35.5. The maximum absolute atomic E-state index is 13.4. The van der Waals surface area contributed by atoms with E-state index in [-0.39, 0.29) is 36.1 Å². The Hall–Kier alpha value is -0.940. The van der Waals surface area contributed by atoms with Gasteiger partial charge in [0.15, 0.2) is 0 Å². The van der Waals surface area contributed by atoms with E-state index in [1.54, 1.807) is 26.0 Å². The zero-order chi connectivity index (χ0) is 15.6. The molecule has 0 amide bonds. The van der Waals surface area contributed by atoms with Crippen LogP contribution < -0.4 is 10.1 Å². The Bertz CT molecular complexity index is 491. The number of halogens is 4. The summed E-state index contributed by atoms with van der Waals surface area (Å²) in [7, 11) is 0. The molecule has 22 heavy (non-hydrogen) atoms. The minimum Gasteiger partial charge on any atom is -0.491 e. The molecule has 1 saturated heterocycles. The molecule has 1 N–H and O–H groups in total. The lowest BCUT2D eigenvalue weighted by Crippen LogP contribution is -2.34. The fourth-order valence-corrected chi connectivity index (χ4v) is 2.93. The number of hydrogen-bond acceptors (Lipinski definition) is 2. The third-order valence-corrected chi connectivity index (χ3v) is 3.89. The molecular weight excluding hydrogens is 315 g/mol. The Morgan fingerprint density at radius 2 is 1.95 bits per heavy atom. The van der Waals surface area contributed by atoms with Gasteiger partial charge in [0.1, 0.15) is 5.75 Å². The summed E-state index contributed by atoms with van der Waals surface area (Å²) < 4.78 is 45.5. The van der Waals surface area contributed by atoms with Gasteiger partial charge < -0.3 is 10.1 Å². The maximum atomic E-state index is 13.4. The van der Waals surface area contributed by atoms with Crippen LogP contribution in [-0.4, -0.2) is 19.2 Å². The Kier molecular flexibility index (Phi) is 6.56. The summed E-state index contributed by atoms with van der Waals surface area (Å²) in [5.74, 6) is 0.412. The molecule has 126 valence electrons. The molecule has 0 saturated carbocycles. The van der Waals surface area contributed by atoms with E-state index in [0.29, 0.717) is 5.56 Å². The van der Waals surface area contributed by atoms with E-state index >= 15 is 0 Å². The van der Waals surface area contributed by atoms with E-state index < -0.39 is 11.7 Å². The summed E-state index contributed by atoms with van der Waals surface area (Å²) in [6, 6.07) is 4.39. The van der Waals surface area contributed by atoms with Crippen LogP contribution in [0.4, 0.5) is 13.2 Å². The largest absolute Gasteiger partial charge is 0.491 e. The predicted molar refractivity (Wildman–Crippen MR) is 83.8 cm³/mol. The van der Waals surface area contributed by atoms with Gasteiger partial charge in [-0.2, -0.15) is 13.2 Å². The average Bonchev–Trinajstić information content (AvgIpc) is 2.38. The van der Waals surface area contributed by atoms with Gasteiger partial charge in [0, 0.05) is 0 Å². The summed E-state index contributed by atoms with van der Waals surface area (Å²) in [5, 5.41) is 3.22. The molecule has 0 spiro atoms. The van der Waals surface area contributed by atoms with Crippen molar-refractivity contribution >= 4 is 12.4 Å². The first-order chi connectivity index (χ1) is 9.79. The van der Waals surface area contributed by atoms with E-state index in [9.17, 15) is 13.2 Å². The smallest absolute Gasteiger partial charge is 0.416 e. The van der Waals surface area contributed by atoms with E-state index in [4.69, 9.17) is 4.74 Å². The molecule has 1 aliphatic heterocycles. The van der Waals surface area contributed by atoms with Crippen LogP contribution in [0.3, 0.4) is 0 Å². The van der Waals surface area contributed by atoms with Crippen molar-refractivity contribution in [2.24, 2.45) is 5.92 Å². The van der Waals surface area contributed by atoms with Gasteiger partial charge in [-0.1, -0.05) is 13.0 Å². The van der Waals surface area contributed by atoms with Crippen LogP contribution in [-0.2, 0) is 6.18 Å².